The van der Waals surface area contributed by atoms with Gasteiger partial charge in [0, 0.05) is 0 Å². The molecule has 2 N–H and O–H groups in total. The highest BCUT2D eigenvalue weighted by atomic mass is 19.1. The summed E-state index contributed by atoms with van der Waals surface area (Å²) in [5.74, 6) is 1.23. The zero-order valence-electron chi connectivity index (χ0n) is 15.4. The predicted octanol–water partition coefficient (Wildman–Crippen LogP) is -0.654. The minimum atomic E-state index is -0.241. The van der Waals surface area contributed by atoms with Crippen molar-refractivity contribution in [3.05, 3.63) is 65.6 Å². The Morgan fingerprint density at radius 3 is 2.67 bits per heavy atom. The quantitative estimate of drug-likeness (QED) is 0.603. The number of hydrogen-bond donors (Lipinski definition) is 2. The molecule has 0 spiro atoms. The highest BCUT2D eigenvalue weighted by Gasteiger charge is 2.36. The topological polar surface area (TPSA) is 65.6 Å². The van der Waals surface area contributed by atoms with Gasteiger partial charge in [0.05, 0.1) is 18.4 Å². The van der Waals surface area contributed by atoms with Crippen LogP contribution < -0.4 is 9.80 Å². The molecule has 1 saturated heterocycles. The molecule has 27 heavy (non-hydrogen) atoms. The molecule has 1 aromatic carbocycles. The van der Waals surface area contributed by atoms with E-state index in [4.69, 9.17) is 4.42 Å². The monoisotopic (exact) mass is 372 g/mol. The molecule has 2 aromatic heterocycles. The normalized spacial score (nSPS) is 21.3. The number of nitrogens with zero attached hydrogens (tertiary/aromatic N) is 4. The number of likely N-dealkylation sites (N-methyl/N-ethyl adjacent to an activating group) is 1. The third-order valence-corrected chi connectivity index (χ3v) is 5.43. The molecule has 3 aromatic rings. The molecule has 7 nitrogen and oxygen atoms in total. The number of halogens is 1. The molecular formula is C19H25FN6O+2. The van der Waals surface area contributed by atoms with Crippen LogP contribution in [0.4, 0.5) is 4.39 Å². The fourth-order valence-electron chi connectivity index (χ4n) is 3.90. The lowest BCUT2D eigenvalue weighted by molar-refractivity contribution is -1.02. The average molecular weight is 372 g/mol. The van der Waals surface area contributed by atoms with Crippen molar-refractivity contribution in [2.75, 3.05) is 32.7 Å². The van der Waals surface area contributed by atoms with Gasteiger partial charge >= 0.3 is 0 Å². The molecule has 3 heterocycles. The molecule has 1 aliphatic heterocycles. The summed E-state index contributed by atoms with van der Waals surface area (Å²) < 4.78 is 21.9. The molecule has 142 valence electrons. The van der Waals surface area contributed by atoms with E-state index < -0.39 is 0 Å². The van der Waals surface area contributed by atoms with Crippen molar-refractivity contribution >= 4 is 0 Å². The molecular weight excluding hydrogens is 347 g/mol. The first-order valence-electron chi connectivity index (χ1n) is 9.47. The molecule has 0 amide bonds. The number of benzene rings is 1. The molecule has 4 rings (SSSR count). The average Bonchev–Trinajstić information content (AvgIpc) is 3.37. The van der Waals surface area contributed by atoms with Crippen molar-refractivity contribution in [3.8, 4) is 0 Å². The zero-order valence-corrected chi connectivity index (χ0v) is 15.4. The van der Waals surface area contributed by atoms with Crippen LogP contribution in [0.2, 0.25) is 0 Å². The van der Waals surface area contributed by atoms with E-state index in [1.54, 1.807) is 21.9 Å². The Kier molecular flexibility index (Phi) is 5.26. The first kappa shape index (κ1) is 17.8. The van der Waals surface area contributed by atoms with Gasteiger partial charge in [0.2, 0.25) is 5.82 Å². The summed E-state index contributed by atoms with van der Waals surface area (Å²) in [6.07, 6.45) is 1.63. The van der Waals surface area contributed by atoms with Crippen LogP contribution in [-0.4, -0.2) is 52.9 Å². The standard InChI is InChI=1S/C19H23FN6O/c1-2-24-9-11-25(12-10-24)18(16-7-3-4-8-17(16)20)19-21-22-23-26(19)14-15-6-5-13-27-15/h3-8,13,18H,2,9-12,14H2,1H3/p+2/t18-/m0/s1. The van der Waals surface area contributed by atoms with E-state index in [1.165, 1.54) is 11.0 Å². The number of piperazine rings is 1. The first-order valence-corrected chi connectivity index (χ1v) is 9.47. The van der Waals surface area contributed by atoms with Gasteiger partial charge in [0.15, 0.2) is 6.04 Å². The molecule has 0 saturated carbocycles. The predicted molar refractivity (Wildman–Crippen MR) is 95.8 cm³/mol. The van der Waals surface area contributed by atoms with Crippen molar-refractivity contribution in [2.24, 2.45) is 0 Å². The Labute approximate surface area is 157 Å². The van der Waals surface area contributed by atoms with Gasteiger partial charge in [-0.3, -0.25) is 0 Å². The van der Waals surface area contributed by atoms with Gasteiger partial charge in [0.25, 0.3) is 0 Å². The Balaban J connectivity index is 1.69. The van der Waals surface area contributed by atoms with Crippen LogP contribution in [0.25, 0.3) is 0 Å². The smallest absolute Gasteiger partial charge is 0.214 e. The zero-order chi connectivity index (χ0) is 18.6. The summed E-state index contributed by atoms with van der Waals surface area (Å²) in [4.78, 5) is 2.88. The van der Waals surface area contributed by atoms with Gasteiger partial charge in [-0.05, 0) is 41.6 Å². The van der Waals surface area contributed by atoms with Gasteiger partial charge in [-0.15, -0.1) is 5.10 Å². The maximum Gasteiger partial charge on any atom is 0.214 e. The van der Waals surface area contributed by atoms with E-state index in [9.17, 15) is 4.39 Å². The molecule has 1 atom stereocenters. The minimum absolute atomic E-state index is 0.215. The molecule has 0 radical (unpaired) electrons. The van der Waals surface area contributed by atoms with Crippen molar-refractivity contribution < 1.29 is 18.6 Å². The van der Waals surface area contributed by atoms with Crippen molar-refractivity contribution in [1.29, 1.82) is 0 Å². The number of furan rings is 1. The second kappa shape index (κ2) is 7.98. The van der Waals surface area contributed by atoms with Crippen molar-refractivity contribution in [3.63, 3.8) is 0 Å². The van der Waals surface area contributed by atoms with Crippen LogP contribution in [0.5, 0.6) is 0 Å². The van der Waals surface area contributed by atoms with Gasteiger partial charge in [-0.25, -0.2) is 9.07 Å². The lowest BCUT2D eigenvalue weighted by Crippen LogP contribution is -3.28. The molecule has 0 bridgehead atoms. The maximum absolute atomic E-state index is 14.7. The van der Waals surface area contributed by atoms with Crippen LogP contribution in [-0.2, 0) is 6.54 Å². The van der Waals surface area contributed by atoms with Crippen LogP contribution in [0.3, 0.4) is 0 Å². The van der Waals surface area contributed by atoms with Gasteiger partial charge < -0.3 is 14.2 Å². The van der Waals surface area contributed by atoms with Crippen LogP contribution in [0.15, 0.2) is 47.1 Å². The number of rotatable bonds is 6. The van der Waals surface area contributed by atoms with E-state index in [0.717, 1.165) is 38.5 Å². The Morgan fingerprint density at radius 2 is 1.96 bits per heavy atom. The van der Waals surface area contributed by atoms with E-state index >= 15 is 0 Å². The maximum atomic E-state index is 14.7. The Hall–Kier alpha value is -2.58. The third kappa shape index (κ3) is 3.77. The van der Waals surface area contributed by atoms with Crippen LogP contribution >= 0.6 is 0 Å². The van der Waals surface area contributed by atoms with Crippen LogP contribution in [0, 0.1) is 5.82 Å². The van der Waals surface area contributed by atoms with Crippen molar-refractivity contribution in [1.82, 2.24) is 20.2 Å². The second-order valence-corrected chi connectivity index (χ2v) is 6.99. The molecule has 0 unspecified atom stereocenters. The lowest BCUT2D eigenvalue weighted by atomic mass is 10.0. The van der Waals surface area contributed by atoms with E-state index in [-0.39, 0.29) is 11.9 Å². The number of nitrogens with one attached hydrogen (secondary N) is 2. The minimum Gasteiger partial charge on any atom is -0.467 e. The summed E-state index contributed by atoms with van der Waals surface area (Å²) in [6, 6.07) is 10.4. The van der Waals surface area contributed by atoms with Gasteiger partial charge in [-0.2, -0.15) is 0 Å². The summed E-state index contributed by atoms with van der Waals surface area (Å²) in [5, 5.41) is 12.3. The summed E-state index contributed by atoms with van der Waals surface area (Å²) in [5.41, 5.74) is 0.642. The number of hydrogen-bond acceptors (Lipinski definition) is 4. The fraction of sp³-hybridized carbons (Fsp3) is 0.421. The Morgan fingerprint density at radius 1 is 1.15 bits per heavy atom. The van der Waals surface area contributed by atoms with E-state index in [1.807, 2.05) is 24.3 Å². The summed E-state index contributed by atoms with van der Waals surface area (Å²) in [7, 11) is 0. The molecule has 1 fully saturated rings. The SMILES string of the molecule is CC[NH+]1CC[NH+]([C@@H](c2ccccc2F)c2nnnn2Cc2ccco2)CC1. The van der Waals surface area contributed by atoms with E-state index in [0.29, 0.717) is 17.9 Å². The Bertz CT molecular complexity index is 857. The fourth-order valence-corrected chi connectivity index (χ4v) is 3.90. The number of tetrazole rings is 1. The lowest BCUT2D eigenvalue weighted by Gasteiger charge is -2.33. The number of quaternary nitrogens is 2. The second-order valence-electron chi connectivity index (χ2n) is 6.99. The first-order chi connectivity index (χ1) is 13.3. The molecule has 1 aliphatic rings. The number of aromatic nitrogens is 4. The van der Waals surface area contributed by atoms with Crippen molar-refractivity contribution in [2.45, 2.75) is 19.5 Å². The summed E-state index contributed by atoms with van der Waals surface area (Å²) >= 11 is 0. The molecule has 8 heteroatoms. The largest absolute Gasteiger partial charge is 0.467 e. The van der Waals surface area contributed by atoms with Gasteiger partial charge in [-0.1, -0.05) is 12.1 Å². The highest BCUT2D eigenvalue weighted by Crippen LogP contribution is 2.20. The highest BCUT2D eigenvalue weighted by molar-refractivity contribution is 5.24. The summed E-state index contributed by atoms with van der Waals surface area (Å²) in [6.45, 7) is 7.80. The van der Waals surface area contributed by atoms with Gasteiger partial charge in [0.1, 0.15) is 44.3 Å². The third-order valence-electron chi connectivity index (χ3n) is 5.43. The van der Waals surface area contributed by atoms with E-state index in [2.05, 4.69) is 22.4 Å². The molecule has 0 aliphatic carbocycles. The van der Waals surface area contributed by atoms with Crippen LogP contribution in [0.1, 0.15) is 30.1 Å².